The molecule has 1 spiro atoms. The summed E-state index contributed by atoms with van der Waals surface area (Å²) in [4.78, 5) is 24.6. The summed E-state index contributed by atoms with van der Waals surface area (Å²) in [5.74, 6) is -0.0423. The van der Waals surface area contributed by atoms with Crippen molar-refractivity contribution < 1.29 is 28.9 Å². The van der Waals surface area contributed by atoms with Crippen LogP contribution < -0.4 is 9.47 Å². The second kappa shape index (κ2) is 8.35. The summed E-state index contributed by atoms with van der Waals surface area (Å²) in [6.07, 6.45) is 0. The molecular formula is C25H17NO6S. The van der Waals surface area contributed by atoms with Crippen LogP contribution in [0, 0.1) is 5.41 Å². The van der Waals surface area contributed by atoms with Crippen molar-refractivity contribution in [3.63, 3.8) is 0 Å². The van der Waals surface area contributed by atoms with Gasteiger partial charge in [-0.25, -0.2) is 15.0 Å². The van der Waals surface area contributed by atoms with Crippen LogP contribution in [0.3, 0.4) is 0 Å². The molecule has 0 radical (unpaired) electrons. The van der Waals surface area contributed by atoms with Crippen LogP contribution in [0.4, 0.5) is 0 Å². The fourth-order valence-electron chi connectivity index (χ4n) is 3.90. The van der Waals surface area contributed by atoms with Crippen LogP contribution in [-0.2, 0) is 15.1 Å². The Balaban J connectivity index is 0.000000821. The Labute approximate surface area is 194 Å². The number of benzene rings is 3. The molecule has 7 nitrogen and oxygen atoms in total. The van der Waals surface area contributed by atoms with Crippen LogP contribution in [0.15, 0.2) is 72.8 Å². The van der Waals surface area contributed by atoms with E-state index in [-0.39, 0.29) is 17.1 Å². The van der Waals surface area contributed by atoms with E-state index in [1.165, 1.54) is 12.1 Å². The SMILES string of the molecule is C=C(C)C(=O)Oc1ccc2c(c1)Oc1cc(O)ccc1C21OC(=O)c2ccccc21.N=C=S. The maximum atomic E-state index is 12.7. The minimum atomic E-state index is -1.23. The van der Waals surface area contributed by atoms with E-state index in [1.807, 2.05) is 12.1 Å². The summed E-state index contributed by atoms with van der Waals surface area (Å²) >= 11 is 3.81. The molecule has 8 heteroatoms. The molecule has 2 N–H and O–H groups in total. The largest absolute Gasteiger partial charge is 0.508 e. The highest BCUT2D eigenvalue weighted by atomic mass is 32.1. The molecule has 0 aromatic heterocycles. The van der Waals surface area contributed by atoms with E-state index < -0.39 is 17.5 Å². The highest BCUT2D eigenvalue weighted by Crippen LogP contribution is 2.56. The van der Waals surface area contributed by atoms with Crippen LogP contribution >= 0.6 is 12.2 Å². The van der Waals surface area contributed by atoms with E-state index >= 15 is 0 Å². The normalized spacial score (nSPS) is 16.6. The highest BCUT2D eigenvalue weighted by molar-refractivity contribution is 7.78. The summed E-state index contributed by atoms with van der Waals surface area (Å²) in [7, 11) is 0. The van der Waals surface area contributed by atoms with Crippen molar-refractivity contribution in [2.75, 3.05) is 0 Å². The van der Waals surface area contributed by atoms with Crippen molar-refractivity contribution in [3.8, 4) is 23.0 Å². The van der Waals surface area contributed by atoms with E-state index in [4.69, 9.17) is 19.6 Å². The van der Waals surface area contributed by atoms with Gasteiger partial charge in [-0.2, -0.15) is 0 Å². The molecule has 164 valence electrons. The Kier molecular flexibility index (Phi) is 5.55. The Bertz CT molecular complexity index is 1360. The van der Waals surface area contributed by atoms with Crippen molar-refractivity contribution in [2.24, 2.45) is 0 Å². The van der Waals surface area contributed by atoms with Gasteiger partial charge in [0.15, 0.2) is 5.60 Å². The topological polar surface area (TPSA) is 106 Å². The fraction of sp³-hybridized carbons (Fsp3) is 0.0800. The maximum Gasteiger partial charge on any atom is 0.340 e. The van der Waals surface area contributed by atoms with Crippen molar-refractivity contribution in [3.05, 3.63) is 95.1 Å². The number of carbonyl (C=O) groups is 2. The number of isothiocyanates is 1. The zero-order chi connectivity index (χ0) is 23.8. The lowest BCUT2D eigenvalue weighted by Gasteiger charge is -2.36. The van der Waals surface area contributed by atoms with Gasteiger partial charge in [-0.05, 0) is 49.5 Å². The average molecular weight is 459 g/mol. The number of carbonyl (C=O) groups excluding carboxylic acids is 2. The molecule has 1 unspecified atom stereocenters. The molecule has 2 aliphatic rings. The molecule has 5 rings (SSSR count). The molecule has 0 bridgehead atoms. The lowest BCUT2D eigenvalue weighted by Crippen LogP contribution is -2.33. The highest BCUT2D eigenvalue weighted by Gasteiger charge is 2.53. The third-order valence-electron chi connectivity index (χ3n) is 5.23. The summed E-state index contributed by atoms with van der Waals surface area (Å²) < 4.78 is 17.3. The van der Waals surface area contributed by atoms with Crippen molar-refractivity contribution >= 4 is 29.3 Å². The Morgan fingerprint density at radius 2 is 1.73 bits per heavy atom. The van der Waals surface area contributed by atoms with Gasteiger partial charge in [0.05, 0.1) is 10.7 Å². The molecule has 0 saturated heterocycles. The minimum Gasteiger partial charge on any atom is -0.508 e. The number of ether oxygens (including phenoxy) is 3. The first-order valence-corrected chi connectivity index (χ1v) is 10.1. The molecule has 3 aromatic rings. The van der Waals surface area contributed by atoms with E-state index in [0.717, 1.165) is 0 Å². The van der Waals surface area contributed by atoms with Gasteiger partial charge in [-0.1, -0.05) is 24.8 Å². The second-order valence-electron chi connectivity index (χ2n) is 7.33. The molecule has 0 saturated carbocycles. The minimum absolute atomic E-state index is 0.00910. The first-order valence-electron chi connectivity index (χ1n) is 9.72. The Morgan fingerprint density at radius 3 is 2.42 bits per heavy atom. The van der Waals surface area contributed by atoms with Crippen LogP contribution in [0.25, 0.3) is 0 Å². The van der Waals surface area contributed by atoms with E-state index in [9.17, 15) is 14.7 Å². The van der Waals surface area contributed by atoms with Crippen LogP contribution in [0.1, 0.15) is 34.0 Å². The van der Waals surface area contributed by atoms with Crippen molar-refractivity contribution in [1.29, 1.82) is 5.41 Å². The molecule has 3 aromatic carbocycles. The first-order chi connectivity index (χ1) is 15.8. The average Bonchev–Trinajstić information content (AvgIpc) is 3.07. The van der Waals surface area contributed by atoms with Crippen LogP contribution in [-0.4, -0.2) is 22.2 Å². The van der Waals surface area contributed by atoms with Gasteiger partial charge in [0.25, 0.3) is 0 Å². The molecule has 0 fully saturated rings. The number of phenolic OH excluding ortho intramolecular Hbond substituents is 1. The number of hydrogen-bond donors (Lipinski definition) is 2. The van der Waals surface area contributed by atoms with E-state index in [0.29, 0.717) is 33.8 Å². The predicted molar refractivity (Wildman–Crippen MR) is 122 cm³/mol. The lowest BCUT2D eigenvalue weighted by atomic mass is 9.77. The quantitative estimate of drug-likeness (QED) is 0.180. The van der Waals surface area contributed by atoms with E-state index in [2.05, 4.69) is 18.8 Å². The van der Waals surface area contributed by atoms with Gasteiger partial charge in [-0.15, -0.1) is 0 Å². The zero-order valence-corrected chi connectivity index (χ0v) is 18.2. The van der Waals surface area contributed by atoms with Crippen molar-refractivity contribution in [2.45, 2.75) is 12.5 Å². The predicted octanol–water partition coefficient (Wildman–Crippen LogP) is 5.11. The smallest absolute Gasteiger partial charge is 0.340 e. The van der Waals surface area contributed by atoms with Gasteiger partial charge in [-0.3, -0.25) is 0 Å². The summed E-state index contributed by atoms with van der Waals surface area (Å²) in [6.45, 7) is 5.13. The van der Waals surface area contributed by atoms with E-state index in [1.54, 1.807) is 48.5 Å². The summed E-state index contributed by atoms with van der Waals surface area (Å²) in [6, 6.07) is 16.7. The van der Waals surface area contributed by atoms with Gasteiger partial charge in [0.1, 0.15) is 23.0 Å². The van der Waals surface area contributed by atoms with Gasteiger partial charge in [0, 0.05) is 34.4 Å². The molecule has 1 atom stereocenters. The van der Waals surface area contributed by atoms with Gasteiger partial charge >= 0.3 is 11.9 Å². The lowest BCUT2D eigenvalue weighted by molar-refractivity contribution is -0.130. The molecule has 2 aliphatic heterocycles. The van der Waals surface area contributed by atoms with Crippen LogP contribution in [0.2, 0.25) is 0 Å². The monoisotopic (exact) mass is 459 g/mol. The number of aromatic hydroxyl groups is 1. The number of rotatable bonds is 2. The first kappa shape index (κ1) is 22.0. The van der Waals surface area contributed by atoms with Gasteiger partial charge < -0.3 is 19.3 Å². The number of thiocarbonyl (C=S) groups is 1. The number of esters is 2. The molecule has 2 heterocycles. The summed E-state index contributed by atoms with van der Waals surface area (Å²) in [5, 5.41) is 17.3. The molecular weight excluding hydrogens is 442 g/mol. The maximum absolute atomic E-state index is 12.7. The fourth-order valence-corrected chi connectivity index (χ4v) is 3.90. The number of nitrogens with one attached hydrogen (secondary N) is 1. The third-order valence-corrected chi connectivity index (χ3v) is 5.23. The summed E-state index contributed by atoms with van der Waals surface area (Å²) in [5.41, 5.74) is 1.35. The molecule has 33 heavy (non-hydrogen) atoms. The number of hydrogen-bond acceptors (Lipinski definition) is 8. The Morgan fingerprint density at radius 1 is 1.09 bits per heavy atom. The number of phenols is 1. The Hall–Kier alpha value is -4.26. The zero-order valence-electron chi connectivity index (χ0n) is 17.4. The standard InChI is InChI=1S/C24H16O6.CHNS/c1-13(2)22(26)28-15-8-10-19-21(12-15)29-20-11-14(25)7-9-18(20)24(19)17-6-4-3-5-16(17)23(27)30-24;2-1-3/h3-12,25H,1H2,2H3;2H. The van der Waals surface area contributed by atoms with Crippen molar-refractivity contribution in [1.82, 2.24) is 0 Å². The second-order valence-corrected chi connectivity index (χ2v) is 7.53. The molecule has 0 amide bonds. The van der Waals surface area contributed by atoms with Crippen LogP contribution in [0.5, 0.6) is 23.0 Å². The van der Waals surface area contributed by atoms with Gasteiger partial charge in [0.2, 0.25) is 0 Å². The molecule has 0 aliphatic carbocycles. The third kappa shape index (κ3) is 3.57. The number of fused-ring (bicyclic) bond motifs is 6.